The topological polar surface area (TPSA) is 24.7 Å². The zero-order chi connectivity index (χ0) is 8.97. The van der Waals surface area contributed by atoms with Gasteiger partial charge in [0, 0.05) is 18.8 Å². The Hall–Kier alpha value is -1.44. The molecule has 0 aliphatic rings. The molecule has 2 heteroatoms. The fraction of sp³-hybridized carbons (Fsp3) is 0.200. The summed E-state index contributed by atoms with van der Waals surface area (Å²) in [6, 6.07) is 5.99. The number of nitrogens with zero attached hydrogens (tertiary/aromatic N) is 2. The molecule has 0 bridgehead atoms. The Morgan fingerprint density at radius 3 is 2.75 bits per heavy atom. The number of aryl methyl sites for hydroxylation is 1. The SMILES string of the molecule is C=Nc1ccc(C)cc1C=NC. The van der Waals surface area contributed by atoms with Crippen LogP contribution < -0.4 is 0 Å². The lowest BCUT2D eigenvalue weighted by atomic mass is 10.1. The summed E-state index contributed by atoms with van der Waals surface area (Å²) in [5.74, 6) is 0. The lowest BCUT2D eigenvalue weighted by molar-refractivity contribution is 1.41. The molecule has 0 saturated carbocycles. The van der Waals surface area contributed by atoms with Gasteiger partial charge in [0.15, 0.2) is 0 Å². The van der Waals surface area contributed by atoms with Gasteiger partial charge in [0.25, 0.3) is 0 Å². The number of aliphatic imine (C=N–C) groups is 2. The standard InChI is InChI=1S/C10H12N2/c1-8-4-5-10(12-3)9(6-8)7-11-2/h4-7H,3H2,1-2H3. The molecule has 0 N–H and O–H groups in total. The van der Waals surface area contributed by atoms with Gasteiger partial charge in [-0.05, 0) is 25.8 Å². The molecule has 0 amide bonds. The second-order valence-corrected chi connectivity index (χ2v) is 2.61. The molecule has 0 saturated heterocycles. The average molecular weight is 160 g/mol. The number of rotatable bonds is 2. The normalized spacial score (nSPS) is 10.5. The van der Waals surface area contributed by atoms with E-state index in [-0.39, 0.29) is 0 Å². The molecule has 0 atom stereocenters. The molecule has 0 aromatic heterocycles. The van der Waals surface area contributed by atoms with Gasteiger partial charge < -0.3 is 0 Å². The van der Waals surface area contributed by atoms with Gasteiger partial charge >= 0.3 is 0 Å². The molecule has 62 valence electrons. The van der Waals surface area contributed by atoms with Crippen molar-refractivity contribution >= 4 is 18.6 Å². The molecule has 0 spiro atoms. The lowest BCUT2D eigenvalue weighted by Crippen LogP contribution is -1.83. The summed E-state index contributed by atoms with van der Waals surface area (Å²) < 4.78 is 0. The van der Waals surface area contributed by atoms with Crippen molar-refractivity contribution in [1.29, 1.82) is 0 Å². The fourth-order valence-electron chi connectivity index (χ4n) is 1.06. The highest BCUT2D eigenvalue weighted by Gasteiger charge is 1.96. The van der Waals surface area contributed by atoms with Crippen LogP contribution in [0.4, 0.5) is 5.69 Å². The maximum Gasteiger partial charge on any atom is 0.0710 e. The zero-order valence-electron chi connectivity index (χ0n) is 7.41. The number of benzene rings is 1. The Balaban J connectivity index is 3.20. The Bertz CT molecular complexity index is 314. The van der Waals surface area contributed by atoms with Gasteiger partial charge in [0.2, 0.25) is 0 Å². The van der Waals surface area contributed by atoms with Crippen molar-refractivity contribution in [3.63, 3.8) is 0 Å². The molecule has 0 radical (unpaired) electrons. The van der Waals surface area contributed by atoms with Gasteiger partial charge in [-0.1, -0.05) is 11.6 Å². The third-order valence-electron chi connectivity index (χ3n) is 1.62. The summed E-state index contributed by atoms with van der Waals surface area (Å²) in [6.07, 6.45) is 1.79. The molecule has 12 heavy (non-hydrogen) atoms. The van der Waals surface area contributed by atoms with Gasteiger partial charge in [-0.2, -0.15) is 0 Å². The summed E-state index contributed by atoms with van der Waals surface area (Å²) in [5, 5.41) is 0. The van der Waals surface area contributed by atoms with E-state index in [0.29, 0.717) is 0 Å². The smallest absolute Gasteiger partial charge is 0.0710 e. The summed E-state index contributed by atoms with van der Waals surface area (Å²) in [6.45, 7) is 5.53. The Kier molecular flexibility index (Phi) is 2.75. The van der Waals surface area contributed by atoms with Crippen molar-refractivity contribution < 1.29 is 0 Å². The van der Waals surface area contributed by atoms with Crippen molar-refractivity contribution in [2.75, 3.05) is 7.05 Å². The van der Waals surface area contributed by atoms with Gasteiger partial charge in [-0.3, -0.25) is 9.98 Å². The van der Waals surface area contributed by atoms with Crippen LogP contribution in [0, 0.1) is 6.92 Å². The maximum absolute atomic E-state index is 3.94. The van der Waals surface area contributed by atoms with Gasteiger partial charge in [-0.25, -0.2) is 0 Å². The molecule has 1 rings (SSSR count). The monoisotopic (exact) mass is 160 g/mol. The molecule has 1 aromatic rings. The van der Waals surface area contributed by atoms with Crippen LogP contribution in [0.25, 0.3) is 0 Å². The zero-order valence-corrected chi connectivity index (χ0v) is 7.41. The second-order valence-electron chi connectivity index (χ2n) is 2.61. The Labute approximate surface area is 72.7 Å². The van der Waals surface area contributed by atoms with Crippen LogP contribution >= 0.6 is 0 Å². The third kappa shape index (κ3) is 1.78. The van der Waals surface area contributed by atoms with Crippen LogP contribution in [-0.2, 0) is 0 Å². The minimum Gasteiger partial charge on any atom is -0.296 e. The van der Waals surface area contributed by atoms with Crippen molar-refractivity contribution in [3.05, 3.63) is 29.3 Å². The van der Waals surface area contributed by atoms with Crippen LogP contribution in [0.1, 0.15) is 11.1 Å². The van der Waals surface area contributed by atoms with Crippen LogP contribution in [0.2, 0.25) is 0 Å². The van der Waals surface area contributed by atoms with E-state index >= 15 is 0 Å². The summed E-state index contributed by atoms with van der Waals surface area (Å²) in [5.41, 5.74) is 3.11. The lowest BCUT2D eigenvalue weighted by Gasteiger charge is -1.99. The first-order valence-corrected chi connectivity index (χ1v) is 3.77. The number of hydrogen-bond donors (Lipinski definition) is 0. The van der Waals surface area contributed by atoms with E-state index in [2.05, 4.69) is 16.7 Å². The molecule has 0 fully saturated rings. The van der Waals surface area contributed by atoms with Gasteiger partial charge in [0.05, 0.1) is 5.69 Å². The molecule has 0 aliphatic carbocycles. The van der Waals surface area contributed by atoms with Crippen LogP contribution in [0.5, 0.6) is 0 Å². The minimum absolute atomic E-state index is 0.881. The van der Waals surface area contributed by atoms with E-state index in [1.165, 1.54) is 5.56 Å². The first-order chi connectivity index (χ1) is 5.77. The molecule has 2 nitrogen and oxygen atoms in total. The number of hydrogen-bond acceptors (Lipinski definition) is 2. The second kappa shape index (κ2) is 3.81. The van der Waals surface area contributed by atoms with Crippen LogP contribution in [0.15, 0.2) is 28.2 Å². The first-order valence-electron chi connectivity index (χ1n) is 3.77. The molecule has 0 unspecified atom stereocenters. The van der Waals surface area contributed by atoms with Gasteiger partial charge in [0.1, 0.15) is 0 Å². The predicted octanol–water partition coefficient (Wildman–Crippen LogP) is 2.38. The summed E-state index contributed by atoms with van der Waals surface area (Å²) in [4.78, 5) is 7.83. The quantitative estimate of drug-likeness (QED) is 0.593. The highest BCUT2D eigenvalue weighted by atomic mass is 14.7. The van der Waals surface area contributed by atoms with Crippen molar-refractivity contribution in [1.82, 2.24) is 0 Å². The Morgan fingerprint density at radius 1 is 1.42 bits per heavy atom. The highest BCUT2D eigenvalue weighted by molar-refractivity contribution is 5.87. The van der Waals surface area contributed by atoms with E-state index in [0.717, 1.165) is 11.3 Å². The van der Waals surface area contributed by atoms with Crippen LogP contribution in [-0.4, -0.2) is 20.0 Å². The predicted molar refractivity (Wildman–Crippen MR) is 53.9 cm³/mol. The van der Waals surface area contributed by atoms with E-state index < -0.39 is 0 Å². The van der Waals surface area contributed by atoms with Crippen molar-refractivity contribution in [2.24, 2.45) is 9.98 Å². The highest BCUT2D eigenvalue weighted by Crippen LogP contribution is 2.17. The van der Waals surface area contributed by atoms with Crippen molar-refractivity contribution in [2.45, 2.75) is 6.92 Å². The molecular weight excluding hydrogens is 148 g/mol. The van der Waals surface area contributed by atoms with E-state index in [1.54, 1.807) is 13.3 Å². The third-order valence-corrected chi connectivity index (χ3v) is 1.62. The summed E-state index contributed by atoms with van der Waals surface area (Å²) >= 11 is 0. The first kappa shape index (κ1) is 8.65. The van der Waals surface area contributed by atoms with E-state index in [1.807, 2.05) is 25.1 Å². The van der Waals surface area contributed by atoms with Crippen molar-refractivity contribution in [3.8, 4) is 0 Å². The molecular formula is C10H12N2. The maximum atomic E-state index is 3.94. The van der Waals surface area contributed by atoms with E-state index in [4.69, 9.17) is 0 Å². The summed E-state index contributed by atoms with van der Waals surface area (Å²) in [7, 11) is 1.75. The van der Waals surface area contributed by atoms with Gasteiger partial charge in [-0.15, -0.1) is 0 Å². The van der Waals surface area contributed by atoms with E-state index in [9.17, 15) is 0 Å². The molecule has 0 heterocycles. The van der Waals surface area contributed by atoms with Crippen LogP contribution in [0.3, 0.4) is 0 Å². The molecule has 0 aliphatic heterocycles. The largest absolute Gasteiger partial charge is 0.296 e. The minimum atomic E-state index is 0.881. The fourth-order valence-corrected chi connectivity index (χ4v) is 1.06. The molecule has 1 aromatic carbocycles. The average Bonchev–Trinajstić information content (AvgIpc) is 2.05. The Morgan fingerprint density at radius 2 is 2.17 bits per heavy atom.